The Labute approximate surface area is 175 Å². The molecular formula is C20H37NO2Y-2. The first kappa shape index (κ1) is 28.9. The second kappa shape index (κ2) is 14.3. The molecule has 0 aliphatic rings. The monoisotopic (exact) mass is 412 g/mol. The second-order valence-corrected chi connectivity index (χ2v) is 8.13. The zero-order chi connectivity index (χ0) is 18.7. The first-order valence-electron chi connectivity index (χ1n) is 8.51. The Morgan fingerprint density at radius 3 is 1.96 bits per heavy atom. The Balaban J connectivity index is -0.000000364. The molecule has 0 heterocycles. The minimum atomic E-state index is -0.252. The predicted octanol–water partition coefficient (Wildman–Crippen LogP) is 5.14. The summed E-state index contributed by atoms with van der Waals surface area (Å²) in [5, 5.41) is 0. The molecule has 139 valence electrons. The summed E-state index contributed by atoms with van der Waals surface area (Å²) in [5.41, 5.74) is -0.0645. The molecule has 0 N–H and O–H groups in total. The van der Waals surface area contributed by atoms with E-state index in [-0.39, 0.29) is 61.0 Å². The van der Waals surface area contributed by atoms with Crippen molar-refractivity contribution in [2.24, 2.45) is 21.7 Å². The van der Waals surface area contributed by atoms with Crippen molar-refractivity contribution in [3.63, 3.8) is 0 Å². The number of carbonyl (C=O) groups excluding carboxylic acids is 2. The van der Waals surface area contributed by atoms with Crippen molar-refractivity contribution in [2.45, 2.75) is 74.1 Å². The summed E-state index contributed by atoms with van der Waals surface area (Å²) in [7, 11) is 0. The summed E-state index contributed by atoms with van der Waals surface area (Å²) in [6, 6.07) is 0. The van der Waals surface area contributed by atoms with Gasteiger partial charge in [-0.2, -0.15) is 6.42 Å². The third-order valence-corrected chi connectivity index (χ3v) is 3.09. The standard InChI is InChI=1S/C12H23O.C8H14NO.Y/c1-9(8-11(2,3)4)10(13)12(5,6)7;1-3-5-6-9-7-8(10)4-2;/h9H,1,8H2,2-7H3;6H,1,3-5,7H2,2H3;/q2*-1;. The van der Waals surface area contributed by atoms with Crippen molar-refractivity contribution in [1.29, 1.82) is 0 Å². The number of Topliss-reactive ketones (excluding diaryl/α,β-unsaturated/α-hetero) is 2. The van der Waals surface area contributed by atoms with Crippen molar-refractivity contribution in [3.05, 3.63) is 13.8 Å². The predicted molar refractivity (Wildman–Crippen MR) is 101 cm³/mol. The van der Waals surface area contributed by atoms with Crippen molar-refractivity contribution in [1.82, 2.24) is 0 Å². The van der Waals surface area contributed by atoms with Crippen molar-refractivity contribution >= 4 is 17.8 Å². The molecule has 1 atom stereocenters. The van der Waals surface area contributed by atoms with E-state index < -0.39 is 0 Å². The molecule has 0 amide bonds. The van der Waals surface area contributed by atoms with Gasteiger partial charge < -0.3 is 18.6 Å². The molecule has 0 aromatic carbocycles. The summed E-state index contributed by atoms with van der Waals surface area (Å²) in [5.74, 6) is 0.391. The van der Waals surface area contributed by atoms with E-state index in [4.69, 9.17) is 0 Å². The average molecular weight is 412 g/mol. The number of unbranched alkanes of at least 4 members (excludes halogenated alkanes) is 1. The van der Waals surface area contributed by atoms with E-state index in [0.717, 1.165) is 19.3 Å². The number of rotatable bonds is 7. The average Bonchev–Trinajstić information content (AvgIpc) is 2.40. The van der Waals surface area contributed by atoms with E-state index in [1.165, 1.54) is 0 Å². The van der Waals surface area contributed by atoms with E-state index in [9.17, 15) is 9.59 Å². The molecule has 0 bridgehead atoms. The van der Waals surface area contributed by atoms with Crippen molar-refractivity contribution in [3.8, 4) is 0 Å². The van der Waals surface area contributed by atoms with Crippen LogP contribution in [0.2, 0.25) is 0 Å². The van der Waals surface area contributed by atoms with Crippen LogP contribution in [0.25, 0.3) is 0 Å². The topological polar surface area (TPSA) is 46.5 Å². The number of carbonyl (C=O) groups is 2. The van der Waals surface area contributed by atoms with Crippen LogP contribution in [-0.2, 0) is 42.3 Å². The Morgan fingerprint density at radius 2 is 1.62 bits per heavy atom. The molecular weight excluding hydrogens is 375 g/mol. The van der Waals surface area contributed by atoms with Crippen molar-refractivity contribution in [2.75, 3.05) is 6.54 Å². The molecule has 0 aliphatic heterocycles. The third kappa shape index (κ3) is 18.5. The normalized spacial score (nSPS) is 12.9. The smallest absolute Gasteiger partial charge is 0.153 e. The van der Waals surface area contributed by atoms with Gasteiger partial charge in [-0.1, -0.05) is 54.9 Å². The Hall–Kier alpha value is 0.114. The first-order valence-corrected chi connectivity index (χ1v) is 8.51. The molecule has 3 nitrogen and oxygen atoms in total. The maximum atomic E-state index is 11.8. The van der Waals surface area contributed by atoms with Crippen LogP contribution in [0.3, 0.4) is 0 Å². The molecule has 4 heteroatoms. The fraction of sp³-hybridized carbons (Fsp3) is 0.750. The van der Waals surface area contributed by atoms with Gasteiger partial charge in [-0.15, -0.1) is 5.92 Å². The minimum absolute atomic E-state index is 0. The van der Waals surface area contributed by atoms with Crippen LogP contribution in [0.15, 0.2) is 4.99 Å². The van der Waals surface area contributed by atoms with Gasteiger partial charge in [-0.3, -0.25) is 9.79 Å². The first-order chi connectivity index (χ1) is 10.3. The Bertz CT molecular complexity index is 376. The quantitative estimate of drug-likeness (QED) is 0.430. The fourth-order valence-electron chi connectivity index (χ4n) is 1.91. The van der Waals surface area contributed by atoms with Gasteiger partial charge in [0.15, 0.2) is 5.78 Å². The molecule has 1 unspecified atom stereocenters. The van der Waals surface area contributed by atoms with E-state index in [2.05, 4.69) is 39.6 Å². The summed E-state index contributed by atoms with van der Waals surface area (Å²) >= 11 is 0. The van der Waals surface area contributed by atoms with Crippen LogP contribution in [0.1, 0.15) is 74.1 Å². The number of nitrogens with zero attached hydrogens (tertiary/aromatic N) is 1. The second-order valence-electron chi connectivity index (χ2n) is 8.13. The SMILES string of the molecule is [CH2-]C(CC(C)(C)C)C(=O)C(C)(C)C.[CH2-]CCC=NCC(=O)CC.[Y]. The molecule has 0 aromatic heterocycles. The molecule has 1 radical (unpaired) electrons. The Morgan fingerprint density at radius 1 is 1.12 bits per heavy atom. The molecule has 0 spiro atoms. The number of aliphatic imine (C=N–C) groups is 1. The van der Waals surface area contributed by atoms with Gasteiger partial charge in [0.1, 0.15) is 5.78 Å². The zero-order valence-corrected chi connectivity index (χ0v) is 19.8. The van der Waals surface area contributed by atoms with Crippen LogP contribution in [0, 0.1) is 30.6 Å². The molecule has 0 rings (SSSR count). The molecule has 0 saturated heterocycles. The van der Waals surface area contributed by atoms with Crippen molar-refractivity contribution < 1.29 is 42.3 Å². The van der Waals surface area contributed by atoms with E-state index in [0.29, 0.717) is 13.0 Å². The summed E-state index contributed by atoms with van der Waals surface area (Å²) in [6.45, 7) is 22.1. The fourth-order valence-corrected chi connectivity index (χ4v) is 1.91. The van der Waals surface area contributed by atoms with Crippen LogP contribution in [0.4, 0.5) is 0 Å². The molecule has 0 fully saturated rings. The number of hydrogen-bond acceptors (Lipinski definition) is 3. The zero-order valence-electron chi connectivity index (χ0n) is 16.9. The van der Waals surface area contributed by atoms with Gasteiger partial charge in [0.2, 0.25) is 0 Å². The van der Waals surface area contributed by atoms with Crippen LogP contribution in [-0.4, -0.2) is 24.3 Å². The van der Waals surface area contributed by atoms with Gasteiger partial charge in [-0.25, -0.2) is 0 Å². The molecule has 0 aromatic rings. The van der Waals surface area contributed by atoms with Crippen LogP contribution < -0.4 is 0 Å². The van der Waals surface area contributed by atoms with E-state index >= 15 is 0 Å². The number of ketones is 2. The molecule has 24 heavy (non-hydrogen) atoms. The molecule has 0 aliphatic carbocycles. The van der Waals surface area contributed by atoms with E-state index in [1.54, 1.807) is 6.21 Å². The van der Waals surface area contributed by atoms with Gasteiger partial charge in [0, 0.05) is 44.5 Å². The van der Waals surface area contributed by atoms with E-state index in [1.807, 2.05) is 27.7 Å². The van der Waals surface area contributed by atoms with Crippen LogP contribution in [0.5, 0.6) is 0 Å². The summed E-state index contributed by atoms with van der Waals surface area (Å²) in [4.78, 5) is 26.3. The minimum Gasteiger partial charge on any atom is -0.343 e. The maximum Gasteiger partial charge on any atom is 0.153 e. The number of hydrogen-bond donors (Lipinski definition) is 0. The van der Waals surface area contributed by atoms with Gasteiger partial charge in [-0.05, 0) is 18.1 Å². The molecule has 0 saturated carbocycles. The van der Waals surface area contributed by atoms with Gasteiger partial charge >= 0.3 is 0 Å². The summed E-state index contributed by atoms with van der Waals surface area (Å²) in [6.07, 6.45) is 4.94. The summed E-state index contributed by atoms with van der Waals surface area (Å²) < 4.78 is 0. The van der Waals surface area contributed by atoms with Gasteiger partial charge in [0.25, 0.3) is 0 Å². The van der Waals surface area contributed by atoms with Crippen LogP contribution >= 0.6 is 0 Å². The largest absolute Gasteiger partial charge is 0.343 e. The third-order valence-electron chi connectivity index (χ3n) is 3.09. The van der Waals surface area contributed by atoms with Gasteiger partial charge in [0.05, 0.1) is 6.54 Å². The Kier molecular flexibility index (Phi) is 17.2. The maximum absolute atomic E-state index is 11.8.